The van der Waals surface area contributed by atoms with Crippen molar-refractivity contribution in [1.29, 1.82) is 0 Å². The number of nitrogens with zero attached hydrogens (tertiary/aromatic N) is 2. The molecule has 3 rings (SSSR count). The fourth-order valence-electron chi connectivity index (χ4n) is 2.99. The van der Waals surface area contributed by atoms with Crippen LogP contribution in [0.5, 0.6) is 0 Å². The minimum Gasteiger partial charge on any atom is -0.376 e. The van der Waals surface area contributed by atoms with Gasteiger partial charge in [0.15, 0.2) is 5.82 Å². The average molecular weight is 382 g/mol. The highest BCUT2D eigenvalue weighted by Crippen LogP contribution is 2.28. The molecule has 2 heterocycles. The lowest BCUT2D eigenvalue weighted by Gasteiger charge is -2.34. The first-order valence-corrected chi connectivity index (χ1v) is 9.20. The number of rotatable bonds is 7. The highest BCUT2D eigenvalue weighted by atomic mass is 16.5. The van der Waals surface area contributed by atoms with E-state index in [2.05, 4.69) is 31.1 Å². The molecule has 1 unspecified atom stereocenters. The Morgan fingerprint density at radius 2 is 2.04 bits per heavy atom. The molecule has 0 fully saturated rings. The van der Waals surface area contributed by atoms with Gasteiger partial charge in [-0.3, -0.25) is 10.4 Å². The summed E-state index contributed by atoms with van der Waals surface area (Å²) < 4.78 is 5.61. The molecule has 8 heteroatoms. The van der Waals surface area contributed by atoms with Crippen LogP contribution in [0, 0.1) is 0 Å². The number of nitrogens with one attached hydrogen (secondary N) is 4. The van der Waals surface area contributed by atoms with Gasteiger partial charge in [-0.05, 0) is 26.3 Å². The highest BCUT2D eigenvalue weighted by Gasteiger charge is 2.32. The van der Waals surface area contributed by atoms with Crippen LogP contribution in [-0.4, -0.2) is 40.5 Å². The summed E-state index contributed by atoms with van der Waals surface area (Å²) in [7, 11) is 1.63. The van der Waals surface area contributed by atoms with Crippen molar-refractivity contribution in [3.8, 4) is 0 Å². The molecule has 1 aromatic carbocycles. The van der Waals surface area contributed by atoms with E-state index in [1.165, 1.54) is 0 Å². The Bertz CT molecular complexity index is 938. The van der Waals surface area contributed by atoms with E-state index in [1.807, 2.05) is 51.1 Å². The summed E-state index contributed by atoms with van der Waals surface area (Å²) >= 11 is 0. The highest BCUT2D eigenvalue weighted by molar-refractivity contribution is 5.94. The molecule has 148 valence electrons. The molecule has 0 radical (unpaired) electrons. The van der Waals surface area contributed by atoms with E-state index in [1.54, 1.807) is 19.4 Å². The molecule has 28 heavy (non-hydrogen) atoms. The SMILES string of the molecule is CCNc1n[nH]c2cc(NC(=O)NC(c3ccccc3)C(C)(C)OC)ncc12. The number of H-pyrrole nitrogens is 1. The number of anilines is 2. The van der Waals surface area contributed by atoms with Crippen molar-refractivity contribution in [2.75, 3.05) is 24.3 Å². The lowest BCUT2D eigenvalue weighted by Crippen LogP contribution is -2.45. The Hall–Kier alpha value is -3.13. The van der Waals surface area contributed by atoms with Crippen molar-refractivity contribution in [2.45, 2.75) is 32.4 Å². The lowest BCUT2D eigenvalue weighted by atomic mass is 9.91. The number of benzene rings is 1. The molecular weight excluding hydrogens is 356 g/mol. The van der Waals surface area contributed by atoms with Gasteiger partial charge in [-0.15, -0.1) is 0 Å². The topological polar surface area (TPSA) is 104 Å². The number of aromatic nitrogens is 3. The first-order chi connectivity index (χ1) is 13.4. The van der Waals surface area contributed by atoms with Crippen LogP contribution in [0.1, 0.15) is 32.4 Å². The fraction of sp³-hybridized carbons (Fsp3) is 0.350. The number of urea groups is 1. The smallest absolute Gasteiger partial charge is 0.320 e. The molecule has 3 aromatic rings. The van der Waals surface area contributed by atoms with Crippen molar-refractivity contribution in [3.05, 3.63) is 48.2 Å². The van der Waals surface area contributed by atoms with Gasteiger partial charge >= 0.3 is 6.03 Å². The van der Waals surface area contributed by atoms with Gasteiger partial charge in [-0.2, -0.15) is 5.10 Å². The van der Waals surface area contributed by atoms with E-state index in [4.69, 9.17) is 4.74 Å². The van der Waals surface area contributed by atoms with Crippen molar-refractivity contribution in [2.24, 2.45) is 0 Å². The van der Waals surface area contributed by atoms with Crippen LogP contribution in [0.15, 0.2) is 42.6 Å². The van der Waals surface area contributed by atoms with Crippen LogP contribution in [0.25, 0.3) is 10.9 Å². The Kier molecular flexibility index (Phi) is 5.79. The zero-order chi connectivity index (χ0) is 20.1. The predicted molar refractivity (Wildman–Crippen MR) is 110 cm³/mol. The third kappa shape index (κ3) is 4.23. The number of amides is 2. The summed E-state index contributed by atoms with van der Waals surface area (Å²) in [5.74, 6) is 1.17. The third-order valence-electron chi connectivity index (χ3n) is 4.66. The second-order valence-corrected chi connectivity index (χ2v) is 6.97. The zero-order valence-electron chi connectivity index (χ0n) is 16.5. The van der Waals surface area contributed by atoms with E-state index in [0.29, 0.717) is 5.82 Å². The molecular formula is C20H26N6O2. The van der Waals surface area contributed by atoms with Crippen molar-refractivity contribution < 1.29 is 9.53 Å². The van der Waals surface area contributed by atoms with E-state index >= 15 is 0 Å². The molecule has 4 N–H and O–H groups in total. The van der Waals surface area contributed by atoms with E-state index in [9.17, 15) is 4.79 Å². The van der Waals surface area contributed by atoms with Crippen LogP contribution < -0.4 is 16.0 Å². The van der Waals surface area contributed by atoms with Gasteiger partial charge in [0.05, 0.1) is 22.5 Å². The molecule has 0 spiro atoms. The number of pyridine rings is 1. The number of ether oxygens (including phenoxy) is 1. The molecule has 0 aliphatic carbocycles. The third-order valence-corrected chi connectivity index (χ3v) is 4.66. The number of hydrogen-bond donors (Lipinski definition) is 4. The summed E-state index contributed by atoms with van der Waals surface area (Å²) in [4.78, 5) is 17.0. The molecule has 0 saturated heterocycles. The van der Waals surface area contributed by atoms with Gasteiger partial charge in [0, 0.05) is 25.9 Å². The summed E-state index contributed by atoms with van der Waals surface area (Å²) in [6, 6.07) is 10.8. The second kappa shape index (κ2) is 8.26. The normalized spacial score (nSPS) is 12.6. The number of carbonyl (C=O) groups is 1. The van der Waals surface area contributed by atoms with Gasteiger partial charge in [0.1, 0.15) is 5.82 Å². The van der Waals surface area contributed by atoms with Crippen LogP contribution >= 0.6 is 0 Å². The molecule has 0 aliphatic heterocycles. The van der Waals surface area contributed by atoms with Gasteiger partial charge in [-0.1, -0.05) is 30.3 Å². The molecule has 8 nitrogen and oxygen atoms in total. The summed E-state index contributed by atoms with van der Waals surface area (Å²) in [5, 5.41) is 17.0. The second-order valence-electron chi connectivity index (χ2n) is 6.97. The summed E-state index contributed by atoms with van der Waals surface area (Å²) in [6.07, 6.45) is 1.68. The minimum absolute atomic E-state index is 0.338. The summed E-state index contributed by atoms with van der Waals surface area (Å²) in [5.41, 5.74) is 1.15. The maximum absolute atomic E-state index is 12.6. The van der Waals surface area contributed by atoms with Gasteiger partial charge in [0.2, 0.25) is 0 Å². The van der Waals surface area contributed by atoms with E-state index in [0.717, 1.165) is 28.8 Å². The zero-order valence-corrected chi connectivity index (χ0v) is 16.5. The maximum atomic E-state index is 12.6. The Morgan fingerprint density at radius 3 is 2.71 bits per heavy atom. The predicted octanol–water partition coefficient (Wildman–Crippen LogP) is 3.68. The first-order valence-electron chi connectivity index (χ1n) is 9.20. The monoisotopic (exact) mass is 382 g/mol. The molecule has 0 saturated carbocycles. The number of aromatic amines is 1. The van der Waals surface area contributed by atoms with Crippen molar-refractivity contribution >= 4 is 28.6 Å². The Labute approximate surface area is 164 Å². The number of methoxy groups -OCH3 is 1. The fourth-order valence-corrected chi connectivity index (χ4v) is 2.99. The molecule has 0 bridgehead atoms. The number of hydrogen-bond acceptors (Lipinski definition) is 5. The van der Waals surface area contributed by atoms with Crippen molar-refractivity contribution in [3.63, 3.8) is 0 Å². The number of fused-ring (bicyclic) bond motifs is 1. The van der Waals surface area contributed by atoms with Crippen LogP contribution in [0.4, 0.5) is 16.4 Å². The Morgan fingerprint density at radius 1 is 1.29 bits per heavy atom. The van der Waals surface area contributed by atoms with Crippen LogP contribution in [0.3, 0.4) is 0 Å². The molecule has 2 amide bonds. The molecule has 1 atom stereocenters. The van der Waals surface area contributed by atoms with Crippen LogP contribution in [-0.2, 0) is 4.74 Å². The molecule has 0 aliphatic rings. The number of carbonyl (C=O) groups excluding carboxylic acids is 1. The summed E-state index contributed by atoms with van der Waals surface area (Å²) in [6.45, 7) is 6.63. The Balaban J connectivity index is 1.76. The first kappa shape index (κ1) is 19.6. The van der Waals surface area contributed by atoms with Crippen molar-refractivity contribution in [1.82, 2.24) is 20.5 Å². The van der Waals surface area contributed by atoms with Gasteiger partial charge in [0.25, 0.3) is 0 Å². The largest absolute Gasteiger partial charge is 0.376 e. The maximum Gasteiger partial charge on any atom is 0.320 e. The lowest BCUT2D eigenvalue weighted by molar-refractivity contribution is -0.00740. The van der Waals surface area contributed by atoms with Gasteiger partial charge < -0.3 is 15.4 Å². The average Bonchev–Trinajstić information content (AvgIpc) is 3.09. The van der Waals surface area contributed by atoms with E-state index < -0.39 is 5.60 Å². The quantitative estimate of drug-likeness (QED) is 0.499. The van der Waals surface area contributed by atoms with Crippen LogP contribution in [0.2, 0.25) is 0 Å². The van der Waals surface area contributed by atoms with Gasteiger partial charge in [-0.25, -0.2) is 9.78 Å². The minimum atomic E-state index is -0.597. The standard InChI is InChI=1S/C20H26N6O2/c1-5-21-18-14-12-22-16(11-15(14)25-26-18)23-19(27)24-17(20(2,3)28-4)13-9-7-6-8-10-13/h6-12,17H,5H2,1-4H3,(H2,21,25,26)(H2,22,23,24,27). The molecule has 2 aromatic heterocycles. The van der Waals surface area contributed by atoms with E-state index in [-0.39, 0.29) is 12.1 Å².